The topological polar surface area (TPSA) is 135 Å². The second-order valence-corrected chi connectivity index (χ2v) is 9.13. The quantitative estimate of drug-likeness (QED) is 0.643. The molecule has 0 aliphatic carbocycles. The second-order valence-electron chi connectivity index (χ2n) is 9.13. The largest absolute Gasteiger partial charge is 0.535 e. The van der Waals surface area contributed by atoms with Crippen molar-refractivity contribution in [1.82, 2.24) is 9.78 Å². The van der Waals surface area contributed by atoms with Gasteiger partial charge >= 0.3 is 7.12 Å². The first-order chi connectivity index (χ1) is 14.7. The Kier molecular flexibility index (Phi) is 5.41. The summed E-state index contributed by atoms with van der Waals surface area (Å²) in [6.45, 7) is 7.04. The van der Waals surface area contributed by atoms with Crippen molar-refractivity contribution >= 4 is 24.5 Å². The Morgan fingerprint density at radius 1 is 1.45 bits per heavy atom. The first-order valence-electron chi connectivity index (χ1n) is 10.3. The van der Waals surface area contributed by atoms with Crippen molar-refractivity contribution in [2.45, 2.75) is 39.1 Å². The van der Waals surface area contributed by atoms with E-state index >= 15 is 0 Å². The Hall–Kier alpha value is -3.03. The first kappa shape index (κ1) is 21.2. The molecule has 2 aliphatic heterocycles. The SMILES string of the molecule is CC(C)(C)C1B(O)Oc2cc(Nc3nn([C@@H]4COCC[C@H]4C#N)cc3C(N)=O)ccc21. The minimum absolute atomic E-state index is 0.147. The van der Waals surface area contributed by atoms with Crippen molar-refractivity contribution in [3.05, 3.63) is 35.5 Å². The number of nitriles is 1. The zero-order valence-electron chi connectivity index (χ0n) is 17.8. The van der Waals surface area contributed by atoms with Crippen LogP contribution < -0.4 is 15.7 Å². The maximum Gasteiger partial charge on any atom is 0.531 e. The van der Waals surface area contributed by atoms with Gasteiger partial charge in [0, 0.05) is 30.4 Å². The van der Waals surface area contributed by atoms with Crippen LogP contribution in [0.4, 0.5) is 11.5 Å². The molecular weight excluding hydrogens is 397 g/mol. The lowest BCUT2D eigenvalue weighted by Crippen LogP contribution is -2.33. The third kappa shape index (κ3) is 3.99. The van der Waals surface area contributed by atoms with Crippen LogP contribution in [-0.2, 0) is 4.74 Å². The summed E-state index contributed by atoms with van der Waals surface area (Å²) < 4.78 is 12.8. The van der Waals surface area contributed by atoms with Gasteiger partial charge in [0.2, 0.25) is 0 Å². The molecule has 10 heteroatoms. The monoisotopic (exact) mass is 423 g/mol. The van der Waals surface area contributed by atoms with E-state index in [0.717, 1.165) is 5.56 Å². The van der Waals surface area contributed by atoms with Gasteiger partial charge < -0.3 is 25.5 Å². The van der Waals surface area contributed by atoms with Crippen molar-refractivity contribution < 1.29 is 19.2 Å². The van der Waals surface area contributed by atoms with Gasteiger partial charge in [0.05, 0.1) is 24.6 Å². The van der Waals surface area contributed by atoms with Gasteiger partial charge in [-0.15, -0.1) is 0 Å². The van der Waals surface area contributed by atoms with E-state index in [2.05, 4.69) is 37.3 Å². The van der Waals surface area contributed by atoms with Crippen LogP contribution in [0.25, 0.3) is 0 Å². The molecule has 31 heavy (non-hydrogen) atoms. The molecule has 1 unspecified atom stereocenters. The van der Waals surface area contributed by atoms with Crippen LogP contribution >= 0.6 is 0 Å². The fraction of sp³-hybridized carbons (Fsp3) is 0.476. The van der Waals surface area contributed by atoms with Crippen molar-refractivity contribution in [3.8, 4) is 11.8 Å². The predicted molar refractivity (Wildman–Crippen MR) is 115 cm³/mol. The number of aromatic nitrogens is 2. The number of nitrogens with zero attached hydrogens (tertiary/aromatic N) is 3. The van der Waals surface area contributed by atoms with Gasteiger partial charge in [0.25, 0.3) is 5.91 Å². The predicted octanol–water partition coefficient (Wildman–Crippen LogP) is 2.37. The standard InChI is InChI=1S/C21H26BN5O4/c1-21(2,3)18-14-5-4-13(8-17(14)31-22(18)29)25-20-15(19(24)28)10-27(26-20)16-11-30-7-6-12(16)9-23/h4-5,8,10,12,16,18,29H,6-7,11H2,1-3H3,(H2,24,28)(H,25,26)/t12-,16+,18?/m0/s1. The zero-order chi connectivity index (χ0) is 22.3. The molecule has 1 amide bonds. The number of fused-ring (bicyclic) bond motifs is 1. The molecule has 0 radical (unpaired) electrons. The average Bonchev–Trinajstić information content (AvgIpc) is 3.27. The number of amides is 1. The Balaban J connectivity index is 1.63. The molecule has 1 aromatic carbocycles. The van der Waals surface area contributed by atoms with E-state index in [4.69, 9.17) is 15.1 Å². The van der Waals surface area contributed by atoms with Gasteiger partial charge in [-0.3, -0.25) is 9.48 Å². The van der Waals surface area contributed by atoms with Gasteiger partial charge in [0.1, 0.15) is 11.3 Å². The molecule has 0 spiro atoms. The van der Waals surface area contributed by atoms with E-state index in [-0.39, 0.29) is 28.8 Å². The van der Waals surface area contributed by atoms with Crippen LogP contribution in [0.15, 0.2) is 24.4 Å². The number of primary amides is 1. The van der Waals surface area contributed by atoms with Gasteiger partial charge in [-0.05, 0) is 23.5 Å². The number of ether oxygens (including phenoxy) is 1. The summed E-state index contributed by atoms with van der Waals surface area (Å²) in [7, 11) is -0.917. The Labute approximate surface area is 181 Å². The van der Waals surface area contributed by atoms with Crippen molar-refractivity contribution in [2.75, 3.05) is 18.5 Å². The molecule has 2 aliphatic rings. The van der Waals surface area contributed by atoms with Crippen LogP contribution in [0.5, 0.6) is 5.75 Å². The molecular formula is C21H26BN5O4. The fourth-order valence-corrected chi connectivity index (χ4v) is 4.32. The lowest BCUT2D eigenvalue weighted by atomic mass is 9.58. The lowest BCUT2D eigenvalue weighted by Gasteiger charge is -2.27. The highest BCUT2D eigenvalue weighted by molar-refractivity contribution is 6.47. The number of anilines is 2. The van der Waals surface area contributed by atoms with E-state index in [1.165, 1.54) is 0 Å². The number of hydrogen-bond acceptors (Lipinski definition) is 7. The van der Waals surface area contributed by atoms with E-state index in [9.17, 15) is 15.1 Å². The number of rotatable bonds is 4. The minimum atomic E-state index is -0.917. The minimum Gasteiger partial charge on any atom is -0.535 e. The summed E-state index contributed by atoms with van der Waals surface area (Å²) in [5.41, 5.74) is 7.19. The Bertz CT molecular complexity index is 1040. The smallest absolute Gasteiger partial charge is 0.531 e. The Morgan fingerprint density at radius 3 is 2.90 bits per heavy atom. The number of carbonyl (C=O) groups excluding carboxylic acids is 1. The van der Waals surface area contributed by atoms with Crippen molar-refractivity contribution in [3.63, 3.8) is 0 Å². The molecule has 0 bridgehead atoms. The summed E-state index contributed by atoms with van der Waals surface area (Å²) in [5, 5.41) is 27.4. The summed E-state index contributed by atoms with van der Waals surface area (Å²) in [5.74, 6) is -0.152. The van der Waals surface area contributed by atoms with E-state index in [0.29, 0.717) is 36.9 Å². The highest BCUT2D eigenvalue weighted by atomic mass is 16.5. The molecule has 2 aromatic rings. The highest BCUT2D eigenvalue weighted by Crippen LogP contribution is 2.46. The molecule has 4 N–H and O–H groups in total. The highest BCUT2D eigenvalue weighted by Gasteiger charge is 2.46. The second kappa shape index (κ2) is 7.91. The molecule has 9 nitrogen and oxygen atoms in total. The number of hydrogen-bond donors (Lipinski definition) is 3. The molecule has 4 rings (SSSR count). The van der Waals surface area contributed by atoms with Crippen molar-refractivity contribution in [1.29, 1.82) is 5.26 Å². The van der Waals surface area contributed by atoms with Crippen LogP contribution in [0.3, 0.4) is 0 Å². The average molecular weight is 423 g/mol. The summed E-state index contributed by atoms with van der Waals surface area (Å²) in [6.07, 6.45) is 2.16. The van der Waals surface area contributed by atoms with Crippen LogP contribution in [-0.4, -0.2) is 41.0 Å². The number of benzene rings is 1. The van der Waals surface area contributed by atoms with Crippen LogP contribution in [0.1, 0.15) is 55.0 Å². The molecule has 3 atom stereocenters. The fourth-order valence-electron chi connectivity index (χ4n) is 4.32. The summed E-state index contributed by atoms with van der Waals surface area (Å²) in [4.78, 5) is 12.0. The van der Waals surface area contributed by atoms with E-state index < -0.39 is 13.0 Å². The molecule has 0 saturated carbocycles. The molecule has 1 fully saturated rings. The number of nitrogens with two attached hydrogens (primary N) is 1. The van der Waals surface area contributed by atoms with E-state index in [1.807, 2.05) is 12.1 Å². The normalized spacial score (nSPS) is 23.1. The zero-order valence-corrected chi connectivity index (χ0v) is 17.8. The van der Waals surface area contributed by atoms with Gasteiger partial charge in [-0.2, -0.15) is 10.4 Å². The third-order valence-electron chi connectivity index (χ3n) is 5.91. The van der Waals surface area contributed by atoms with Crippen LogP contribution in [0.2, 0.25) is 0 Å². The summed E-state index contributed by atoms with van der Waals surface area (Å²) >= 11 is 0. The molecule has 1 aromatic heterocycles. The number of carbonyl (C=O) groups is 1. The first-order valence-corrected chi connectivity index (χ1v) is 10.3. The van der Waals surface area contributed by atoms with Gasteiger partial charge in [-0.1, -0.05) is 26.8 Å². The lowest BCUT2D eigenvalue weighted by molar-refractivity contribution is 0.0342. The number of nitrogens with one attached hydrogen (secondary N) is 1. The van der Waals surface area contributed by atoms with Crippen LogP contribution in [0, 0.1) is 22.7 Å². The van der Waals surface area contributed by atoms with E-state index in [1.54, 1.807) is 16.9 Å². The maximum atomic E-state index is 12.0. The van der Waals surface area contributed by atoms with Crippen molar-refractivity contribution in [2.24, 2.45) is 17.1 Å². The maximum absolute atomic E-state index is 12.0. The summed E-state index contributed by atoms with van der Waals surface area (Å²) in [6, 6.07) is 7.53. The molecule has 3 heterocycles. The Morgan fingerprint density at radius 2 is 2.23 bits per heavy atom. The van der Waals surface area contributed by atoms with Gasteiger partial charge in [-0.25, -0.2) is 0 Å². The molecule has 162 valence electrons. The molecule has 1 saturated heterocycles. The van der Waals surface area contributed by atoms with Gasteiger partial charge in [0.15, 0.2) is 5.82 Å². The third-order valence-corrected chi connectivity index (χ3v) is 5.91.